The summed E-state index contributed by atoms with van der Waals surface area (Å²) >= 11 is 0. The van der Waals surface area contributed by atoms with Gasteiger partial charge in [0.05, 0.1) is 5.69 Å². The fraction of sp³-hybridized carbons (Fsp3) is 0.375. The van der Waals surface area contributed by atoms with Crippen molar-refractivity contribution >= 4 is 5.95 Å². The first-order valence-corrected chi connectivity index (χ1v) is 10.2. The molecule has 4 nitrogen and oxygen atoms in total. The van der Waals surface area contributed by atoms with E-state index in [0.717, 1.165) is 30.2 Å². The van der Waals surface area contributed by atoms with E-state index < -0.39 is 0 Å². The molecule has 0 unspecified atom stereocenters. The molecule has 144 valence electrons. The second-order valence-electron chi connectivity index (χ2n) is 8.14. The summed E-state index contributed by atoms with van der Waals surface area (Å²) in [5.41, 5.74) is 7.75. The van der Waals surface area contributed by atoms with E-state index in [1.54, 1.807) is 0 Å². The highest BCUT2D eigenvalue weighted by Crippen LogP contribution is 2.34. The lowest BCUT2D eigenvalue weighted by Gasteiger charge is -2.19. The van der Waals surface area contributed by atoms with Crippen LogP contribution in [0.4, 0.5) is 5.95 Å². The third kappa shape index (κ3) is 3.91. The molecule has 0 fully saturated rings. The Labute approximate surface area is 167 Å². The SMILES string of the molecule is CC(C)CN(C)c1ncc(Cc2ncccc2-c2cccc3c2CCC3)cn1. The van der Waals surface area contributed by atoms with Gasteiger partial charge in [0.1, 0.15) is 0 Å². The number of hydrogen-bond donors (Lipinski definition) is 0. The van der Waals surface area contributed by atoms with Gasteiger partial charge in [-0.25, -0.2) is 9.97 Å². The predicted molar refractivity (Wildman–Crippen MR) is 115 cm³/mol. The molecule has 0 radical (unpaired) electrons. The summed E-state index contributed by atoms with van der Waals surface area (Å²) in [6, 6.07) is 10.9. The molecule has 4 rings (SSSR count). The maximum Gasteiger partial charge on any atom is 0.224 e. The largest absolute Gasteiger partial charge is 0.344 e. The summed E-state index contributed by atoms with van der Waals surface area (Å²) in [7, 11) is 2.04. The molecule has 28 heavy (non-hydrogen) atoms. The summed E-state index contributed by atoms with van der Waals surface area (Å²) < 4.78 is 0. The Kier molecular flexibility index (Phi) is 5.38. The molecule has 0 atom stereocenters. The average Bonchev–Trinajstić information content (AvgIpc) is 3.17. The number of benzene rings is 1. The average molecular weight is 373 g/mol. The van der Waals surface area contributed by atoms with Crippen LogP contribution in [-0.2, 0) is 19.3 Å². The molecule has 2 aromatic heterocycles. The highest BCUT2D eigenvalue weighted by molar-refractivity contribution is 5.71. The Bertz CT molecular complexity index is 947. The van der Waals surface area contributed by atoms with Crippen molar-refractivity contribution in [3.05, 3.63) is 71.3 Å². The molecule has 1 aliphatic carbocycles. The first-order valence-electron chi connectivity index (χ1n) is 10.2. The van der Waals surface area contributed by atoms with Gasteiger partial charge in [0, 0.05) is 44.2 Å². The standard InChI is InChI=1S/C24H28N4/c1-17(2)16-28(3)24-26-14-18(15-27-24)13-23-22(11-6-12-25-23)21-10-5-8-19-7-4-9-20(19)21/h5-6,8,10-12,14-15,17H,4,7,9,13,16H2,1-3H3. The minimum Gasteiger partial charge on any atom is -0.344 e. The predicted octanol–water partition coefficient (Wildman–Crippen LogP) is 4.71. The zero-order valence-corrected chi connectivity index (χ0v) is 17.0. The molecule has 4 heteroatoms. The van der Waals surface area contributed by atoms with E-state index in [1.807, 2.05) is 31.7 Å². The van der Waals surface area contributed by atoms with Gasteiger partial charge in [0.2, 0.25) is 5.95 Å². The maximum atomic E-state index is 4.71. The van der Waals surface area contributed by atoms with Crippen molar-refractivity contribution in [3.8, 4) is 11.1 Å². The van der Waals surface area contributed by atoms with Crippen LogP contribution in [0.2, 0.25) is 0 Å². The fourth-order valence-corrected chi connectivity index (χ4v) is 4.16. The molecule has 0 saturated heterocycles. The molecule has 3 aromatic rings. The number of anilines is 1. The molecular weight excluding hydrogens is 344 g/mol. The second-order valence-corrected chi connectivity index (χ2v) is 8.14. The lowest BCUT2D eigenvalue weighted by molar-refractivity contribution is 0.629. The second kappa shape index (κ2) is 8.09. The summed E-state index contributed by atoms with van der Waals surface area (Å²) in [5, 5.41) is 0. The highest BCUT2D eigenvalue weighted by atomic mass is 15.2. The van der Waals surface area contributed by atoms with Crippen molar-refractivity contribution in [2.75, 3.05) is 18.5 Å². The fourth-order valence-electron chi connectivity index (χ4n) is 4.16. The quantitative estimate of drug-likeness (QED) is 0.628. The van der Waals surface area contributed by atoms with E-state index in [-0.39, 0.29) is 0 Å². The monoisotopic (exact) mass is 372 g/mol. The van der Waals surface area contributed by atoms with Crippen molar-refractivity contribution in [1.82, 2.24) is 15.0 Å². The Morgan fingerprint density at radius 2 is 1.75 bits per heavy atom. The molecule has 0 amide bonds. The van der Waals surface area contributed by atoms with E-state index >= 15 is 0 Å². The van der Waals surface area contributed by atoms with Crippen molar-refractivity contribution in [3.63, 3.8) is 0 Å². The van der Waals surface area contributed by atoms with Gasteiger partial charge in [-0.2, -0.15) is 0 Å². The van der Waals surface area contributed by atoms with E-state index in [9.17, 15) is 0 Å². The molecule has 1 aromatic carbocycles. The van der Waals surface area contributed by atoms with E-state index in [0.29, 0.717) is 5.92 Å². The minimum atomic E-state index is 0.581. The number of nitrogens with zero attached hydrogens (tertiary/aromatic N) is 4. The first-order chi connectivity index (χ1) is 13.6. The Morgan fingerprint density at radius 3 is 2.54 bits per heavy atom. The minimum absolute atomic E-state index is 0.581. The van der Waals surface area contributed by atoms with E-state index in [4.69, 9.17) is 4.98 Å². The van der Waals surface area contributed by atoms with Gasteiger partial charge < -0.3 is 4.90 Å². The Hall–Kier alpha value is -2.75. The topological polar surface area (TPSA) is 41.9 Å². The molecule has 0 N–H and O–H groups in total. The lowest BCUT2D eigenvalue weighted by atomic mass is 9.94. The number of fused-ring (bicyclic) bond motifs is 1. The Balaban J connectivity index is 1.59. The van der Waals surface area contributed by atoms with Crippen LogP contribution in [0.3, 0.4) is 0 Å². The summed E-state index contributed by atoms with van der Waals surface area (Å²) in [6.45, 7) is 5.35. The number of aryl methyl sites for hydroxylation is 1. The van der Waals surface area contributed by atoms with Gasteiger partial charge in [-0.05, 0) is 53.5 Å². The van der Waals surface area contributed by atoms with Crippen LogP contribution in [0.15, 0.2) is 48.9 Å². The summed E-state index contributed by atoms with van der Waals surface area (Å²) in [5.74, 6) is 1.36. The van der Waals surface area contributed by atoms with Gasteiger partial charge >= 0.3 is 0 Å². The van der Waals surface area contributed by atoms with Gasteiger partial charge in [-0.3, -0.25) is 4.98 Å². The van der Waals surface area contributed by atoms with Crippen molar-refractivity contribution in [1.29, 1.82) is 0 Å². The van der Waals surface area contributed by atoms with Crippen molar-refractivity contribution in [2.24, 2.45) is 5.92 Å². The van der Waals surface area contributed by atoms with Crippen LogP contribution in [0, 0.1) is 5.92 Å². The molecule has 1 aliphatic rings. The van der Waals surface area contributed by atoms with Crippen LogP contribution in [-0.4, -0.2) is 28.5 Å². The molecular formula is C24H28N4. The van der Waals surface area contributed by atoms with Crippen LogP contribution in [0.1, 0.15) is 42.7 Å². The molecule has 2 heterocycles. The lowest BCUT2D eigenvalue weighted by Crippen LogP contribution is -2.24. The zero-order chi connectivity index (χ0) is 19.5. The van der Waals surface area contributed by atoms with Crippen molar-refractivity contribution in [2.45, 2.75) is 39.5 Å². The van der Waals surface area contributed by atoms with Gasteiger partial charge in [-0.15, -0.1) is 0 Å². The van der Waals surface area contributed by atoms with Gasteiger partial charge in [-0.1, -0.05) is 38.1 Å². The first kappa shape index (κ1) is 18.6. The third-order valence-corrected chi connectivity index (χ3v) is 5.37. The van der Waals surface area contributed by atoms with Gasteiger partial charge in [0.15, 0.2) is 0 Å². The maximum absolute atomic E-state index is 4.71. The zero-order valence-electron chi connectivity index (χ0n) is 17.0. The molecule has 0 aliphatic heterocycles. The number of rotatable bonds is 6. The van der Waals surface area contributed by atoms with Crippen LogP contribution >= 0.6 is 0 Å². The summed E-state index contributed by atoms with van der Waals surface area (Å²) in [4.78, 5) is 16.0. The van der Waals surface area contributed by atoms with Crippen molar-refractivity contribution < 1.29 is 0 Å². The summed E-state index contributed by atoms with van der Waals surface area (Å²) in [6.07, 6.45) is 10.1. The van der Waals surface area contributed by atoms with Crippen LogP contribution < -0.4 is 4.90 Å². The number of pyridine rings is 1. The highest BCUT2D eigenvalue weighted by Gasteiger charge is 2.18. The number of aromatic nitrogens is 3. The smallest absolute Gasteiger partial charge is 0.224 e. The molecule has 0 bridgehead atoms. The third-order valence-electron chi connectivity index (χ3n) is 5.37. The van der Waals surface area contributed by atoms with E-state index in [1.165, 1.54) is 41.5 Å². The van der Waals surface area contributed by atoms with E-state index in [2.05, 4.69) is 53.0 Å². The van der Waals surface area contributed by atoms with Crippen LogP contribution in [0.25, 0.3) is 11.1 Å². The van der Waals surface area contributed by atoms with Gasteiger partial charge in [0.25, 0.3) is 0 Å². The number of hydrogen-bond acceptors (Lipinski definition) is 4. The molecule has 0 saturated carbocycles. The Morgan fingerprint density at radius 1 is 0.964 bits per heavy atom. The molecule has 0 spiro atoms. The normalized spacial score (nSPS) is 13.0. The van der Waals surface area contributed by atoms with Crippen LogP contribution in [0.5, 0.6) is 0 Å².